The van der Waals surface area contributed by atoms with Gasteiger partial charge in [-0.15, -0.1) is 5.73 Å². The second-order valence-corrected chi connectivity index (χ2v) is 2.44. The van der Waals surface area contributed by atoms with Crippen LogP contribution >= 0.6 is 0 Å². The summed E-state index contributed by atoms with van der Waals surface area (Å²) in [4.78, 5) is 22.1. The zero-order valence-electron chi connectivity index (χ0n) is 6.13. The van der Waals surface area contributed by atoms with Crippen molar-refractivity contribution >= 4 is 11.8 Å². The molecule has 0 unspecified atom stereocenters. The number of carbonyl (C=O) groups is 2. The molecule has 2 rings (SSSR count). The van der Waals surface area contributed by atoms with E-state index in [4.69, 9.17) is 0 Å². The topological polar surface area (TPSA) is 46.2 Å². The van der Waals surface area contributed by atoms with Crippen molar-refractivity contribution in [1.29, 1.82) is 0 Å². The van der Waals surface area contributed by atoms with Crippen LogP contribution in [0.3, 0.4) is 0 Å². The monoisotopic (exact) mass is 159 g/mol. The highest BCUT2D eigenvalue weighted by Gasteiger charge is 2.29. The van der Waals surface area contributed by atoms with Gasteiger partial charge in [-0.25, -0.2) is 0 Å². The molecule has 58 valence electrons. The molecule has 1 N–H and O–H groups in total. The smallest absolute Gasteiger partial charge is 0.258 e. The molecule has 0 bridgehead atoms. The molecule has 1 aliphatic heterocycles. The minimum atomic E-state index is -0.334. The Morgan fingerprint density at radius 1 is 1.00 bits per heavy atom. The van der Waals surface area contributed by atoms with Crippen molar-refractivity contribution in [2.24, 2.45) is 0 Å². The van der Waals surface area contributed by atoms with Gasteiger partial charge < -0.3 is 0 Å². The summed E-state index contributed by atoms with van der Waals surface area (Å²) in [5.74, 6) is -0.667. The van der Waals surface area contributed by atoms with Gasteiger partial charge in [-0.2, -0.15) is 0 Å². The molecule has 0 radical (unpaired) electrons. The first-order chi connectivity index (χ1) is 5.79. The summed E-state index contributed by atoms with van der Waals surface area (Å²) in [7, 11) is 0. The Labute approximate surface area is 68.8 Å². The second kappa shape index (κ2) is 2.32. The van der Waals surface area contributed by atoms with Crippen molar-refractivity contribution in [1.82, 2.24) is 5.32 Å². The second-order valence-electron chi connectivity index (χ2n) is 2.44. The number of fused-ring (bicyclic) bond motifs is 1. The molecule has 0 aromatic carbocycles. The minimum absolute atomic E-state index is 0.334. The molecule has 3 heteroatoms. The molecular weight excluding hydrogens is 154 g/mol. The van der Waals surface area contributed by atoms with E-state index in [2.05, 4.69) is 11.0 Å². The van der Waals surface area contributed by atoms with Gasteiger partial charge in [-0.05, 0) is 24.3 Å². The van der Waals surface area contributed by atoms with E-state index in [0.717, 1.165) is 0 Å². The Bertz CT molecular complexity index is 359. The predicted octanol–water partition coefficient (Wildman–Crippen LogP) is 0.220. The summed E-state index contributed by atoms with van der Waals surface area (Å²) in [6.45, 7) is 0. The summed E-state index contributed by atoms with van der Waals surface area (Å²) >= 11 is 0. The van der Waals surface area contributed by atoms with Crippen molar-refractivity contribution in [2.75, 3.05) is 0 Å². The van der Waals surface area contributed by atoms with Crippen LogP contribution in [0.4, 0.5) is 0 Å². The average molecular weight is 159 g/mol. The van der Waals surface area contributed by atoms with E-state index in [0.29, 0.717) is 11.1 Å². The summed E-state index contributed by atoms with van der Waals surface area (Å²) in [6.07, 6.45) is 6.37. The van der Waals surface area contributed by atoms with Crippen molar-refractivity contribution in [3.8, 4) is 0 Å². The van der Waals surface area contributed by atoms with Gasteiger partial charge in [-0.1, -0.05) is 0 Å². The molecule has 3 nitrogen and oxygen atoms in total. The molecule has 1 heterocycles. The van der Waals surface area contributed by atoms with Gasteiger partial charge in [0.15, 0.2) is 0 Å². The number of imide groups is 1. The quantitative estimate of drug-likeness (QED) is 0.406. The maximum absolute atomic E-state index is 11.1. The van der Waals surface area contributed by atoms with Gasteiger partial charge in [0.05, 0.1) is 11.1 Å². The molecule has 0 aromatic heterocycles. The van der Waals surface area contributed by atoms with E-state index in [1.807, 2.05) is 0 Å². The van der Waals surface area contributed by atoms with Gasteiger partial charge in [0.2, 0.25) is 0 Å². The van der Waals surface area contributed by atoms with Crippen LogP contribution in [-0.2, 0) is 9.59 Å². The van der Waals surface area contributed by atoms with Gasteiger partial charge >= 0.3 is 0 Å². The number of rotatable bonds is 0. The normalized spacial score (nSPS) is 19.7. The molecular formula is C9H5NO2. The third-order valence-electron chi connectivity index (χ3n) is 1.70. The van der Waals surface area contributed by atoms with Gasteiger partial charge in [0.25, 0.3) is 11.8 Å². The lowest BCUT2D eigenvalue weighted by atomic mass is 10.1. The highest BCUT2D eigenvalue weighted by atomic mass is 16.2. The van der Waals surface area contributed by atoms with Crippen molar-refractivity contribution in [2.45, 2.75) is 0 Å². The fraction of sp³-hybridized carbons (Fsp3) is 0. The minimum Gasteiger partial charge on any atom is -0.288 e. The van der Waals surface area contributed by atoms with Gasteiger partial charge in [-0.3, -0.25) is 14.9 Å². The number of hydrogen-bond donors (Lipinski definition) is 1. The lowest BCUT2D eigenvalue weighted by Gasteiger charge is -1.88. The van der Waals surface area contributed by atoms with Gasteiger partial charge in [0.1, 0.15) is 0 Å². The highest BCUT2D eigenvalue weighted by molar-refractivity contribution is 6.24. The van der Waals surface area contributed by atoms with E-state index in [9.17, 15) is 9.59 Å². The first kappa shape index (κ1) is 6.83. The number of allylic oxidation sites excluding steroid dienone is 3. The molecule has 2 amide bonds. The molecule has 1 saturated heterocycles. The van der Waals surface area contributed by atoms with Crippen LogP contribution in [0.1, 0.15) is 0 Å². The maximum atomic E-state index is 11.1. The average Bonchev–Trinajstić information content (AvgIpc) is 2.29. The predicted molar refractivity (Wildman–Crippen MR) is 42.0 cm³/mol. The van der Waals surface area contributed by atoms with Crippen LogP contribution in [0.15, 0.2) is 41.2 Å². The Morgan fingerprint density at radius 3 is 2.00 bits per heavy atom. The van der Waals surface area contributed by atoms with Crippen molar-refractivity contribution < 1.29 is 9.59 Å². The van der Waals surface area contributed by atoms with Crippen molar-refractivity contribution in [3.63, 3.8) is 0 Å². The van der Waals surface area contributed by atoms with Crippen LogP contribution < -0.4 is 5.32 Å². The lowest BCUT2D eigenvalue weighted by Crippen LogP contribution is -2.19. The van der Waals surface area contributed by atoms with Crippen LogP contribution in [0, 0.1) is 0 Å². The Balaban J connectivity index is 2.59. The first-order valence-corrected chi connectivity index (χ1v) is 3.48. The summed E-state index contributed by atoms with van der Waals surface area (Å²) in [6, 6.07) is 0. The van der Waals surface area contributed by atoms with E-state index in [1.165, 1.54) is 0 Å². The molecule has 1 aliphatic carbocycles. The Kier molecular flexibility index (Phi) is 1.32. The number of nitrogens with one attached hydrogen (secondary N) is 1. The Morgan fingerprint density at radius 2 is 1.50 bits per heavy atom. The van der Waals surface area contributed by atoms with E-state index < -0.39 is 0 Å². The largest absolute Gasteiger partial charge is 0.288 e. The highest BCUT2D eigenvalue weighted by Crippen LogP contribution is 2.18. The zero-order chi connectivity index (χ0) is 8.55. The number of amides is 2. The van der Waals surface area contributed by atoms with Gasteiger partial charge in [0, 0.05) is 0 Å². The fourth-order valence-corrected chi connectivity index (χ4v) is 1.13. The first-order valence-electron chi connectivity index (χ1n) is 3.48. The molecule has 12 heavy (non-hydrogen) atoms. The fourth-order valence-electron chi connectivity index (χ4n) is 1.13. The number of carbonyl (C=O) groups excluding carboxylic acids is 2. The number of hydrogen-bond acceptors (Lipinski definition) is 2. The summed E-state index contributed by atoms with van der Waals surface area (Å²) in [5.41, 5.74) is 3.62. The van der Waals surface area contributed by atoms with Crippen LogP contribution in [0.25, 0.3) is 0 Å². The van der Waals surface area contributed by atoms with Crippen LogP contribution in [0.2, 0.25) is 0 Å². The maximum Gasteiger partial charge on any atom is 0.258 e. The van der Waals surface area contributed by atoms with Crippen LogP contribution in [0.5, 0.6) is 0 Å². The lowest BCUT2D eigenvalue weighted by molar-refractivity contribution is -0.123. The molecule has 2 aliphatic rings. The third kappa shape index (κ3) is 0.847. The van der Waals surface area contributed by atoms with Crippen LogP contribution in [-0.4, -0.2) is 11.8 Å². The molecule has 0 saturated carbocycles. The zero-order valence-corrected chi connectivity index (χ0v) is 6.13. The molecule has 0 atom stereocenters. The van der Waals surface area contributed by atoms with E-state index in [1.54, 1.807) is 24.3 Å². The Hall–Kier alpha value is -1.86. The molecule has 0 aromatic rings. The third-order valence-corrected chi connectivity index (χ3v) is 1.70. The van der Waals surface area contributed by atoms with E-state index >= 15 is 0 Å². The van der Waals surface area contributed by atoms with E-state index in [-0.39, 0.29) is 11.8 Å². The molecule has 0 spiro atoms. The SMILES string of the molecule is O=C1NC(=O)C2=CC=C=CC=C12. The standard InChI is InChI=1S/C9H5NO2/c11-8-6-4-2-1-3-5-7(6)9(12)10-8/h2-5H,(H,10,11,12). The summed E-state index contributed by atoms with van der Waals surface area (Å²) < 4.78 is 0. The summed E-state index contributed by atoms with van der Waals surface area (Å²) in [5, 5.41) is 2.20. The molecule has 1 fully saturated rings. The van der Waals surface area contributed by atoms with Crippen molar-refractivity contribution in [3.05, 3.63) is 41.2 Å².